The van der Waals surface area contributed by atoms with E-state index in [1.165, 1.54) is 0 Å². The molecule has 5 nitrogen and oxygen atoms in total. The zero-order chi connectivity index (χ0) is 13.8. The Hall–Kier alpha value is -0.650. The van der Waals surface area contributed by atoms with E-state index in [-0.39, 0.29) is 11.5 Å². The van der Waals surface area contributed by atoms with Crippen molar-refractivity contribution in [3.63, 3.8) is 0 Å². The lowest BCUT2D eigenvalue weighted by Crippen LogP contribution is -2.56. The van der Waals surface area contributed by atoms with Crippen LogP contribution in [0.5, 0.6) is 0 Å². The number of nitrogens with one attached hydrogen (secondary N) is 1. The van der Waals surface area contributed by atoms with Crippen LogP contribution >= 0.6 is 0 Å². The van der Waals surface area contributed by atoms with Crippen molar-refractivity contribution in [2.75, 3.05) is 32.8 Å². The highest BCUT2D eigenvalue weighted by Gasteiger charge is 2.32. The van der Waals surface area contributed by atoms with E-state index in [0.29, 0.717) is 0 Å². The molecule has 0 saturated carbocycles. The first-order valence-corrected chi connectivity index (χ1v) is 6.70. The molecule has 0 bridgehead atoms. The van der Waals surface area contributed by atoms with E-state index in [1.807, 2.05) is 13.8 Å². The van der Waals surface area contributed by atoms with E-state index in [4.69, 9.17) is 10.5 Å². The van der Waals surface area contributed by atoms with Crippen molar-refractivity contribution in [2.45, 2.75) is 45.3 Å². The summed E-state index contributed by atoms with van der Waals surface area (Å²) in [7, 11) is 0. The molecule has 1 saturated heterocycles. The molecule has 1 amide bonds. The Morgan fingerprint density at radius 3 is 2.72 bits per heavy atom. The van der Waals surface area contributed by atoms with Crippen LogP contribution in [-0.2, 0) is 9.53 Å². The Labute approximate surface area is 110 Å². The maximum absolute atomic E-state index is 11.5. The second-order valence-electron chi connectivity index (χ2n) is 5.86. The van der Waals surface area contributed by atoms with Gasteiger partial charge in [-0.05, 0) is 33.7 Å². The Bertz CT molecular complexity index is 294. The molecule has 1 rings (SSSR count). The molecule has 1 aliphatic heterocycles. The van der Waals surface area contributed by atoms with Gasteiger partial charge in [0.2, 0.25) is 5.91 Å². The van der Waals surface area contributed by atoms with E-state index in [0.717, 1.165) is 39.2 Å². The van der Waals surface area contributed by atoms with Crippen molar-refractivity contribution in [1.29, 1.82) is 0 Å². The number of likely N-dealkylation sites (N-methyl/N-ethyl adjacent to an activating group) is 1. The lowest BCUT2D eigenvalue weighted by Gasteiger charge is -2.39. The summed E-state index contributed by atoms with van der Waals surface area (Å²) in [6.45, 7) is 12.2. The topological polar surface area (TPSA) is 67.6 Å². The second kappa shape index (κ2) is 5.99. The Morgan fingerprint density at radius 2 is 2.22 bits per heavy atom. The largest absolute Gasteiger partial charge is 0.373 e. The molecule has 0 radical (unpaired) electrons. The minimum atomic E-state index is -0.614. The van der Waals surface area contributed by atoms with Gasteiger partial charge in [-0.1, -0.05) is 6.92 Å². The summed E-state index contributed by atoms with van der Waals surface area (Å²) in [5.74, 6) is -0.281. The van der Waals surface area contributed by atoms with Gasteiger partial charge in [-0.15, -0.1) is 0 Å². The standard InChI is InChI=1S/C13H27N3O2/c1-5-15-13(4,11(14)17)6-7-16-8-9-18-12(2,3)10-16/h15H,5-10H2,1-4H3,(H2,14,17). The number of morpholine rings is 1. The van der Waals surface area contributed by atoms with Gasteiger partial charge in [-0.25, -0.2) is 0 Å². The minimum Gasteiger partial charge on any atom is -0.373 e. The van der Waals surface area contributed by atoms with Gasteiger partial charge in [0.05, 0.1) is 17.7 Å². The maximum atomic E-state index is 11.5. The molecule has 0 aromatic carbocycles. The van der Waals surface area contributed by atoms with Crippen LogP contribution in [0.25, 0.3) is 0 Å². The smallest absolute Gasteiger partial charge is 0.237 e. The molecule has 1 fully saturated rings. The molecule has 1 atom stereocenters. The molecule has 0 spiro atoms. The molecule has 3 N–H and O–H groups in total. The Kier molecular flexibility index (Phi) is 5.13. The third-order valence-corrected chi connectivity index (χ3v) is 3.54. The first-order chi connectivity index (χ1) is 8.29. The number of hydrogen-bond acceptors (Lipinski definition) is 4. The Balaban J connectivity index is 2.50. The molecule has 0 aromatic rings. The van der Waals surface area contributed by atoms with E-state index < -0.39 is 5.54 Å². The van der Waals surface area contributed by atoms with Crippen LogP contribution in [0.4, 0.5) is 0 Å². The molecular weight excluding hydrogens is 230 g/mol. The van der Waals surface area contributed by atoms with E-state index in [1.54, 1.807) is 0 Å². The summed E-state index contributed by atoms with van der Waals surface area (Å²) >= 11 is 0. The molecular formula is C13H27N3O2. The van der Waals surface area contributed by atoms with Crippen LogP contribution in [0.15, 0.2) is 0 Å². The zero-order valence-corrected chi connectivity index (χ0v) is 12.1. The van der Waals surface area contributed by atoms with Gasteiger partial charge in [-0.3, -0.25) is 9.69 Å². The van der Waals surface area contributed by atoms with Crippen LogP contribution in [0.3, 0.4) is 0 Å². The SMILES string of the molecule is CCNC(C)(CCN1CCOC(C)(C)C1)C(N)=O. The molecule has 106 valence electrons. The first kappa shape index (κ1) is 15.4. The lowest BCUT2D eigenvalue weighted by atomic mass is 9.96. The quantitative estimate of drug-likeness (QED) is 0.720. The van der Waals surface area contributed by atoms with Gasteiger partial charge in [0, 0.05) is 19.6 Å². The van der Waals surface area contributed by atoms with Crippen molar-refractivity contribution in [3.05, 3.63) is 0 Å². The van der Waals surface area contributed by atoms with E-state index in [2.05, 4.69) is 24.1 Å². The zero-order valence-electron chi connectivity index (χ0n) is 12.1. The number of ether oxygens (including phenoxy) is 1. The highest BCUT2D eigenvalue weighted by Crippen LogP contribution is 2.18. The van der Waals surface area contributed by atoms with Crippen LogP contribution in [0.2, 0.25) is 0 Å². The predicted octanol–water partition coefficient (Wildman–Crippen LogP) is 0.341. The van der Waals surface area contributed by atoms with Crippen molar-refractivity contribution in [1.82, 2.24) is 10.2 Å². The van der Waals surface area contributed by atoms with Crippen LogP contribution in [-0.4, -0.2) is 54.7 Å². The van der Waals surface area contributed by atoms with Crippen molar-refractivity contribution in [3.8, 4) is 0 Å². The van der Waals surface area contributed by atoms with Gasteiger partial charge in [0.1, 0.15) is 0 Å². The average molecular weight is 257 g/mol. The molecule has 18 heavy (non-hydrogen) atoms. The van der Waals surface area contributed by atoms with Crippen LogP contribution in [0.1, 0.15) is 34.1 Å². The number of amides is 1. The summed E-state index contributed by atoms with van der Waals surface area (Å²) in [5.41, 5.74) is 4.77. The van der Waals surface area contributed by atoms with Gasteiger partial charge < -0.3 is 15.8 Å². The molecule has 1 heterocycles. The van der Waals surface area contributed by atoms with Gasteiger partial charge in [0.25, 0.3) is 0 Å². The summed E-state index contributed by atoms with van der Waals surface area (Å²) in [5, 5.41) is 3.19. The summed E-state index contributed by atoms with van der Waals surface area (Å²) < 4.78 is 5.67. The monoisotopic (exact) mass is 257 g/mol. The van der Waals surface area contributed by atoms with E-state index >= 15 is 0 Å². The normalized spacial score (nSPS) is 23.6. The number of carbonyl (C=O) groups is 1. The molecule has 1 aliphatic rings. The molecule has 1 unspecified atom stereocenters. The highest BCUT2D eigenvalue weighted by atomic mass is 16.5. The second-order valence-corrected chi connectivity index (χ2v) is 5.86. The Morgan fingerprint density at radius 1 is 1.56 bits per heavy atom. The third-order valence-electron chi connectivity index (χ3n) is 3.54. The average Bonchev–Trinajstić information content (AvgIpc) is 2.25. The van der Waals surface area contributed by atoms with Crippen LogP contribution < -0.4 is 11.1 Å². The van der Waals surface area contributed by atoms with Crippen molar-refractivity contribution < 1.29 is 9.53 Å². The maximum Gasteiger partial charge on any atom is 0.237 e. The summed E-state index contributed by atoms with van der Waals surface area (Å²) in [4.78, 5) is 13.9. The highest BCUT2D eigenvalue weighted by molar-refractivity contribution is 5.84. The fourth-order valence-electron chi connectivity index (χ4n) is 2.38. The molecule has 0 aromatic heterocycles. The number of carbonyl (C=O) groups excluding carboxylic acids is 1. The summed E-state index contributed by atoms with van der Waals surface area (Å²) in [6.07, 6.45) is 0.728. The molecule has 0 aliphatic carbocycles. The summed E-state index contributed by atoms with van der Waals surface area (Å²) in [6, 6.07) is 0. The fraction of sp³-hybridized carbons (Fsp3) is 0.923. The third kappa shape index (κ3) is 4.23. The van der Waals surface area contributed by atoms with Crippen molar-refractivity contribution in [2.24, 2.45) is 5.73 Å². The number of nitrogens with two attached hydrogens (primary N) is 1. The van der Waals surface area contributed by atoms with Gasteiger partial charge in [-0.2, -0.15) is 0 Å². The predicted molar refractivity (Wildman–Crippen MR) is 72.4 cm³/mol. The number of hydrogen-bond donors (Lipinski definition) is 2. The van der Waals surface area contributed by atoms with E-state index in [9.17, 15) is 4.79 Å². The number of primary amides is 1. The van der Waals surface area contributed by atoms with Crippen LogP contribution in [0, 0.1) is 0 Å². The fourth-order valence-corrected chi connectivity index (χ4v) is 2.38. The van der Waals surface area contributed by atoms with Crippen molar-refractivity contribution >= 4 is 5.91 Å². The minimum absolute atomic E-state index is 0.0977. The number of nitrogens with zero attached hydrogens (tertiary/aromatic N) is 1. The first-order valence-electron chi connectivity index (χ1n) is 6.70. The van der Waals surface area contributed by atoms with Gasteiger partial charge in [0.15, 0.2) is 0 Å². The molecule has 5 heteroatoms. The number of rotatable bonds is 6. The van der Waals surface area contributed by atoms with Gasteiger partial charge >= 0.3 is 0 Å². The lowest BCUT2D eigenvalue weighted by molar-refractivity contribution is -0.124.